The van der Waals surface area contributed by atoms with Crippen LogP contribution < -0.4 is 20.1 Å². The standard InChI is InChI=1S/C19H31BrN2O4/c1-6-25-9-7-8-21-12-14-10-16(24-5)17(11-15(14)20)26-13-18(23)22-19(2,3)4/h10-11,21H,6-9,12-13H2,1-5H3,(H,22,23). The van der Waals surface area contributed by atoms with Gasteiger partial charge < -0.3 is 24.8 Å². The van der Waals surface area contributed by atoms with Gasteiger partial charge in [0.15, 0.2) is 18.1 Å². The average molecular weight is 431 g/mol. The number of rotatable bonds is 11. The average Bonchev–Trinajstić information content (AvgIpc) is 2.55. The van der Waals surface area contributed by atoms with Crippen molar-refractivity contribution < 1.29 is 19.0 Å². The molecule has 0 heterocycles. The molecule has 148 valence electrons. The first-order chi connectivity index (χ1) is 12.3. The third-order valence-electron chi connectivity index (χ3n) is 3.37. The van der Waals surface area contributed by atoms with Crippen LogP contribution in [0.1, 0.15) is 39.7 Å². The summed E-state index contributed by atoms with van der Waals surface area (Å²) in [7, 11) is 1.59. The van der Waals surface area contributed by atoms with Crippen LogP contribution >= 0.6 is 15.9 Å². The van der Waals surface area contributed by atoms with E-state index in [1.54, 1.807) is 7.11 Å². The summed E-state index contributed by atoms with van der Waals surface area (Å²) >= 11 is 3.56. The van der Waals surface area contributed by atoms with Crippen LogP contribution in [0.3, 0.4) is 0 Å². The molecule has 0 saturated carbocycles. The van der Waals surface area contributed by atoms with Gasteiger partial charge >= 0.3 is 0 Å². The van der Waals surface area contributed by atoms with Crippen molar-refractivity contribution >= 4 is 21.8 Å². The number of hydrogen-bond donors (Lipinski definition) is 2. The van der Waals surface area contributed by atoms with Crippen molar-refractivity contribution in [1.29, 1.82) is 0 Å². The zero-order valence-electron chi connectivity index (χ0n) is 16.4. The van der Waals surface area contributed by atoms with Crippen molar-refractivity contribution in [3.8, 4) is 11.5 Å². The van der Waals surface area contributed by atoms with Crippen LogP contribution in [0, 0.1) is 0 Å². The fourth-order valence-electron chi connectivity index (χ4n) is 2.25. The highest BCUT2D eigenvalue weighted by molar-refractivity contribution is 9.10. The second kappa shape index (κ2) is 11.4. The van der Waals surface area contributed by atoms with Gasteiger partial charge in [-0.2, -0.15) is 0 Å². The lowest BCUT2D eigenvalue weighted by Gasteiger charge is -2.21. The Morgan fingerprint density at radius 3 is 2.58 bits per heavy atom. The Bertz CT molecular complexity index is 573. The normalized spacial score (nSPS) is 11.3. The van der Waals surface area contributed by atoms with E-state index >= 15 is 0 Å². The number of carbonyl (C=O) groups excluding carboxylic acids is 1. The van der Waals surface area contributed by atoms with Gasteiger partial charge in [0.05, 0.1) is 7.11 Å². The zero-order chi connectivity index (χ0) is 19.6. The van der Waals surface area contributed by atoms with Gasteiger partial charge in [0, 0.05) is 29.8 Å². The van der Waals surface area contributed by atoms with Gasteiger partial charge in [-0.25, -0.2) is 0 Å². The molecule has 1 rings (SSSR count). The number of methoxy groups -OCH3 is 1. The van der Waals surface area contributed by atoms with Gasteiger partial charge in [0.25, 0.3) is 5.91 Å². The van der Waals surface area contributed by atoms with E-state index in [2.05, 4.69) is 26.6 Å². The van der Waals surface area contributed by atoms with Crippen LogP contribution in [0.2, 0.25) is 0 Å². The molecule has 0 aliphatic rings. The van der Waals surface area contributed by atoms with E-state index in [1.807, 2.05) is 39.8 Å². The van der Waals surface area contributed by atoms with E-state index in [0.717, 1.165) is 36.2 Å². The zero-order valence-corrected chi connectivity index (χ0v) is 18.0. The molecule has 0 fully saturated rings. The Balaban J connectivity index is 2.61. The highest BCUT2D eigenvalue weighted by atomic mass is 79.9. The number of halogens is 1. The fourth-order valence-corrected chi connectivity index (χ4v) is 2.71. The molecule has 0 radical (unpaired) electrons. The van der Waals surface area contributed by atoms with Crippen LogP contribution in [0.15, 0.2) is 16.6 Å². The molecule has 7 heteroatoms. The van der Waals surface area contributed by atoms with Crippen molar-refractivity contribution in [3.05, 3.63) is 22.2 Å². The molecule has 6 nitrogen and oxygen atoms in total. The number of benzene rings is 1. The van der Waals surface area contributed by atoms with E-state index in [4.69, 9.17) is 14.2 Å². The van der Waals surface area contributed by atoms with Gasteiger partial charge in [0.2, 0.25) is 0 Å². The molecule has 26 heavy (non-hydrogen) atoms. The summed E-state index contributed by atoms with van der Waals surface area (Å²) in [6.45, 7) is 10.8. The molecule has 0 atom stereocenters. The molecule has 0 aromatic heterocycles. The topological polar surface area (TPSA) is 68.8 Å². The molecule has 0 unspecified atom stereocenters. The second-order valence-corrected chi connectivity index (χ2v) is 7.76. The van der Waals surface area contributed by atoms with Crippen LogP contribution in [0.25, 0.3) is 0 Å². The highest BCUT2D eigenvalue weighted by Crippen LogP contribution is 2.33. The number of amides is 1. The van der Waals surface area contributed by atoms with E-state index in [0.29, 0.717) is 18.0 Å². The maximum absolute atomic E-state index is 11.9. The minimum absolute atomic E-state index is 0.0604. The van der Waals surface area contributed by atoms with Crippen molar-refractivity contribution in [2.24, 2.45) is 0 Å². The van der Waals surface area contributed by atoms with Crippen LogP contribution in [-0.4, -0.2) is 44.9 Å². The lowest BCUT2D eigenvalue weighted by atomic mass is 10.1. The number of carbonyl (C=O) groups is 1. The van der Waals surface area contributed by atoms with Gasteiger partial charge in [-0.1, -0.05) is 15.9 Å². The molecular weight excluding hydrogens is 400 g/mol. The Morgan fingerprint density at radius 1 is 1.23 bits per heavy atom. The minimum Gasteiger partial charge on any atom is -0.493 e. The minimum atomic E-state index is -0.289. The third-order valence-corrected chi connectivity index (χ3v) is 4.11. The molecule has 1 amide bonds. The van der Waals surface area contributed by atoms with E-state index in [-0.39, 0.29) is 18.1 Å². The first kappa shape index (κ1) is 22.7. The lowest BCUT2D eigenvalue weighted by molar-refractivity contribution is -0.124. The van der Waals surface area contributed by atoms with Gasteiger partial charge in [0.1, 0.15) is 0 Å². The largest absolute Gasteiger partial charge is 0.493 e. The molecule has 0 spiro atoms. The summed E-state index contributed by atoms with van der Waals surface area (Å²) in [5.41, 5.74) is 0.771. The molecule has 0 aliphatic carbocycles. The van der Waals surface area contributed by atoms with Crippen LogP contribution in [-0.2, 0) is 16.1 Å². The Morgan fingerprint density at radius 2 is 1.96 bits per heavy atom. The summed E-state index contributed by atoms with van der Waals surface area (Å²) in [6.07, 6.45) is 0.965. The molecular formula is C19H31BrN2O4. The van der Waals surface area contributed by atoms with E-state index < -0.39 is 0 Å². The quantitative estimate of drug-likeness (QED) is 0.527. The Labute approximate surface area is 165 Å². The van der Waals surface area contributed by atoms with E-state index in [1.165, 1.54) is 0 Å². The molecule has 0 bridgehead atoms. The molecule has 2 N–H and O–H groups in total. The van der Waals surface area contributed by atoms with E-state index in [9.17, 15) is 4.79 Å². The maximum Gasteiger partial charge on any atom is 0.258 e. The molecule has 1 aromatic rings. The second-order valence-electron chi connectivity index (χ2n) is 6.91. The summed E-state index contributed by atoms with van der Waals surface area (Å²) in [5.74, 6) is 0.960. The predicted octanol–water partition coefficient (Wildman–Crippen LogP) is 3.27. The SMILES string of the molecule is CCOCCCNCc1cc(OC)c(OCC(=O)NC(C)(C)C)cc1Br. The number of hydrogen-bond acceptors (Lipinski definition) is 5. The fraction of sp³-hybridized carbons (Fsp3) is 0.632. The van der Waals surface area contributed by atoms with Crippen molar-refractivity contribution in [2.45, 2.75) is 46.2 Å². The Hall–Kier alpha value is -1.31. The summed E-state index contributed by atoms with van der Waals surface area (Å²) < 4.78 is 17.3. The maximum atomic E-state index is 11.9. The number of ether oxygens (including phenoxy) is 3. The summed E-state index contributed by atoms with van der Waals surface area (Å²) in [5, 5.41) is 6.24. The summed E-state index contributed by atoms with van der Waals surface area (Å²) in [4.78, 5) is 11.9. The van der Waals surface area contributed by atoms with Gasteiger partial charge in [-0.3, -0.25) is 4.79 Å². The first-order valence-corrected chi connectivity index (χ1v) is 9.64. The van der Waals surface area contributed by atoms with Crippen LogP contribution in [0.5, 0.6) is 11.5 Å². The third kappa shape index (κ3) is 8.87. The smallest absolute Gasteiger partial charge is 0.258 e. The molecule has 0 aliphatic heterocycles. The number of nitrogens with one attached hydrogen (secondary N) is 2. The molecule has 0 saturated heterocycles. The van der Waals surface area contributed by atoms with Crippen molar-refractivity contribution in [3.63, 3.8) is 0 Å². The van der Waals surface area contributed by atoms with Gasteiger partial charge in [-0.15, -0.1) is 0 Å². The lowest BCUT2D eigenvalue weighted by Crippen LogP contribution is -2.43. The highest BCUT2D eigenvalue weighted by Gasteiger charge is 2.16. The van der Waals surface area contributed by atoms with Crippen LogP contribution in [0.4, 0.5) is 0 Å². The monoisotopic (exact) mass is 430 g/mol. The van der Waals surface area contributed by atoms with Crippen molar-refractivity contribution in [1.82, 2.24) is 10.6 Å². The predicted molar refractivity (Wildman–Crippen MR) is 107 cm³/mol. The molecule has 1 aromatic carbocycles. The first-order valence-electron chi connectivity index (χ1n) is 8.85. The van der Waals surface area contributed by atoms with Gasteiger partial charge in [-0.05, 0) is 58.4 Å². The summed E-state index contributed by atoms with van der Waals surface area (Å²) in [6, 6.07) is 3.75. The Kier molecular flexibility index (Phi) is 9.98. The van der Waals surface area contributed by atoms with Crippen molar-refractivity contribution in [2.75, 3.05) is 33.5 Å².